The molecule has 6 heteroatoms. The highest BCUT2D eigenvalue weighted by Crippen LogP contribution is 2.31. The molecular formula is C17H11N3O3. The summed E-state index contributed by atoms with van der Waals surface area (Å²) in [4.78, 5) is 21.4. The highest BCUT2D eigenvalue weighted by atomic mass is 16.6. The molecule has 3 rings (SSSR count). The summed E-state index contributed by atoms with van der Waals surface area (Å²) in [7, 11) is 0. The lowest BCUT2D eigenvalue weighted by Crippen LogP contribution is -1.85. The van der Waals surface area contributed by atoms with E-state index in [1.54, 1.807) is 6.07 Å². The van der Waals surface area contributed by atoms with Gasteiger partial charge < -0.3 is 0 Å². The number of azo groups is 1. The number of non-ortho nitro benzene ring substituents is 1. The summed E-state index contributed by atoms with van der Waals surface area (Å²) in [5.74, 6) is 0. The van der Waals surface area contributed by atoms with Gasteiger partial charge in [0, 0.05) is 23.1 Å². The number of hydrogen-bond donors (Lipinski definition) is 0. The Kier molecular flexibility index (Phi) is 3.88. The lowest BCUT2D eigenvalue weighted by molar-refractivity contribution is -0.384. The number of hydrogen-bond acceptors (Lipinski definition) is 5. The van der Waals surface area contributed by atoms with E-state index in [0.717, 1.165) is 17.1 Å². The Bertz CT molecular complexity index is 918. The predicted octanol–water partition coefficient (Wildman–Crippen LogP) is 4.98. The molecule has 6 nitrogen and oxygen atoms in total. The molecule has 23 heavy (non-hydrogen) atoms. The molecule has 0 N–H and O–H groups in total. The molecule has 0 aromatic heterocycles. The topological polar surface area (TPSA) is 84.9 Å². The average Bonchev–Trinajstić information content (AvgIpc) is 2.59. The van der Waals surface area contributed by atoms with Gasteiger partial charge in [-0.2, -0.15) is 5.11 Å². The number of benzene rings is 3. The fourth-order valence-electron chi connectivity index (χ4n) is 2.23. The van der Waals surface area contributed by atoms with Gasteiger partial charge in [0.25, 0.3) is 5.69 Å². The molecule has 0 unspecified atom stereocenters. The zero-order valence-corrected chi connectivity index (χ0v) is 11.9. The molecule has 112 valence electrons. The minimum atomic E-state index is -0.476. The Morgan fingerprint density at radius 1 is 0.913 bits per heavy atom. The second-order valence-corrected chi connectivity index (χ2v) is 4.82. The third kappa shape index (κ3) is 2.96. The van der Waals surface area contributed by atoms with E-state index >= 15 is 0 Å². The fourth-order valence-corrected chi connectivity index (χ4v) is 2.23. The van der Waals surface area contributed by atoms with Gasteiger partial charge in [-0.1, -0.05) is 30.3 Å². The van der Waals surface area contributed by atoms with Crippen LogP contribution in [-0.4, -0.2) is 11.2 Å². The largest absolute Gasteiger partial charge is 0.298 e. The van der Waals surface area contributed by atoms with Gasteiger partial charge in [-0.05, 0) is 23.6 Å². The summed E-state index contributed by atoms with van der Waals surface area (Å²) in [5.41, 5.74) is 1.38. The van der Waals surface area contributed by atoms with Crippen molar-refractivity contribution in [1.29, 1.82) is 0 Å². The van der Waals surface area contributed by atoms with Gasteiger partial charge in [0.05, 0.1) is 10.6 Å². The van der Waals surface area contributed by atoms with Crippen LogP contribution >= 0.6 is 0 Å². The van der Waals surface area contributed by atoms with Gasteiger partial charge >= 0.3 is 0 Å². The van der Waals surface area contributed by atoms with E-state index in [1.807, 2.05) is 30.3 Å². The summed E-state index contributed by atoms with van der Waals surface area (Å²) in [6.07, 6.45) is 0.733. The van der Waals surface area contributed by atoms with E-state index in [1.165, 1.54) is 24.3 Å². The van der Waals surface area contributed by atoms with Crippen LogP contribution in [0.5, 0.6) is 0 Å². The van der Waals surface area contributed by atoms with E-state index in [9.17, 15) is 14.9 Å². The first-order valence-corrected chi connectivity index (χ1v) is 6.82. The van der Waals surface area contributed by atoms with Crippen LogP contribution in [0.4, 0.5) is 17.1 Å². The van der Waals surface area contributed by atoms with E-state index in [0.29, 0.717) is 16.9 Å². The molecular weight excluding hydrogens is 294 g/mol. The standard InChI is InChI=1S/C17H11N3O3/c21-11-13-6-5-12-3-1-2-4-16(12)17(13)19-18-14-7-9-15(10-8-14)20(22)23/h1-11H. The number of nitrogens with zero attached hydrogens (tertiary/aromatic N) is 3. The Morgan fingerprint density at radius 3 is 2.35 bits per heavy atom. The van der Waals surface area contributed by atoms with Crippen molar-refractivity contribution < 1.29 is 9.72 Å². The number of nitro benzene ring substituents is 1. The molecule has 0 aliphatic rings. The third-order valence-electron chi connectivity index (χ3n) is 3.38. The predicted molar refractivity (Wildman–Crippen MR) is 86.6 cm³/mol. The number of rotatable bonds is 4. The lowest BCUT2D eigenvalue weighted by Gasteiger charge is -2.03. The van der Waals surface area contributed by atoms with E-state index in [2.05, 4.69) is 10.2 Å². The highest BCUT2D eigenvalue weighted by Gasteiger charge is 2.07. The number of carbonyl (C=O) groups excluding carboxylic acids is 1. The summed E-state index contributed by atoms with van der Waals surface area (Å²) < 4.78 is 0. The molecule has 3 aromatic rings. The van der Waals surface area contributed by atoms with Crippen molar-refractivity contribution in [1.82, 2.24) is 0 Å². The Hall–Kier alpha value is -3.41. The Morgan fingerprint density at radius 2 is 1.65 bits per heavy atom. The molecule has 3 aromatic carbocycles. The van der Waals surface area contributed by atoms with Crippen molar-refractivity contribution in [3.63, 3.8) is 0 Å². The van der Waals surface area contributed by atoms with Gasteiger partial charge in [0.15, 0.2) is 6.29 Å². The summed E-state index contributed by atoms with van der Waals surface area (Å²) in [6.45, 7) is 0. The molecule has 0 bridgehead atoms. The molecule has 0 heterocycles. The zero-order valence-electron chi connectivity index (χ0n) is 11.9. The van der Waals surface area contributed by atoms with Crippen molar-refractivity contribution in [2.45, 2.75) is 0 Å². The van der Waals surface area contributed by atoms with Crippen LogP contribution in [0.1, 0.15) is 10.4 Å². The van der Waals surface area contributed by atoms with Crippen LogP contribution in [0.25, 0.3) is 10.8 Å². The smallest absolute Gasteiger partial charge is 0.269 e. The van der Waals surface area contributed by atoms with Crippen molar-refractivity contribution in [2.24, 2.45) is 10.2 Å². The molecule has 0 aliphatic heterocycles. The number of aldehydes is 1. The van der Waals surface area contributed by atoms with Gasteiger partial charge in [0.1, 0.15) is 5.69 Å². The maximum atomic E-state index is 11.2. The number of fused-ring (bicyclic) bond motifs is 1. The SMILES string of the molecule is O=Cc1ccc2ccccc2c1N=Nc1ccc([N+](=O)[O-])cc1. The Labute approximate surface area is 131 Å². The molecule has 0 saturated carbocycles. The molecule has 0 spiro atoms. The first kappa shape index (κ1) is 14.5. The lowest BCUT2D eigenvalue weighted by atomic mass is 10.1. The maximum Gasteiger partial charge on any atom is 0.269 e. The van der Waals surface area contributed by atoms with Crippen LogP contribution in [0.15, 0.2) is 70.9 Å². The summed E-state index contributed by atoms with van der Waals surface area (Å²) in [5, 5.41) is 20.7. The van der Waals surface area contributed by atoms with Crippen molar-refractivity contribution in [3.05, 3.63) is 76.3 Å². The van der Waals surface area contributed by atoms with E-state index < -0.39 is 4.92 Å². The molecule has 0 amide bonds. The van der Waals surface area contributed by atoms with Gasteiger partial charge in [-0.25, -0.2) is 0 Å². The van der Waals surface area contributed by atoms with Crippen LogP contribution in [-0.2, 0) is 0 Å². The first-order valence-electron chi connectivity index (χ1n) is 6.82. The fraction of sp³-hybridized carbons (Fsp3) is 0. The second-order valence-electron chi connectivity index (χ2n) is 4.82. The molecule has 0 saturated heterocycles. The third-order valence-corrected chi connectivity index (χ3v) is 3.38. The van der Waals surface area contributed by atoms with Gasteiger partial charge in [-0.3, -0.25) is 14.9 Å². The molecule has 0 radical (unpaired) electrons. The molecule has 0 atom stereocenters. The first-order chi connectivity index (χ1) is 11.2. The number of carbonyl (C=O) groups is 1. The highest BCUT2D eigenvalue weighted by molar-refractivity contribution is 6.00. The quantitative estimate of drug-likeness (QED) is 0.295. The summed E-state index contributed by atoms with van der Waals surface area (Å²) >= 11 is 0. The zero-order chi connectivity index (χ0) is 16.2. The van der Waals surface area contributed by atoms with Crippen molar-refractivity contribution in [3.8, 4) is 0 Å². The van der Waals surface area contributed by atoms with Crippen molar-refractivity contribution in [2.75, 3.05) is 0 Å². The molecule has 0 aliphatic carbocycles. The van der Waals surface area contributed by atoms with E-state index in [-0.39, 0.29) is 5.69 Å². The van der Waals surface area contributed by atoms with Crippen LogP contribution < -0.4 is 0 Å². The van der Waals surface area contributed by atoms with Gasteiger partial charge in [0.2, 0.25) is 0 Å². The van der Waals surface area contributed by atoms with Crippen LogP contribution in [0.2, 0.25) is 0 Å². The summed E-state index contributed by atoms with van der Waals surface area (Å²) in [6, 6.07) is 16.8. The number of nitro groups is 1. The average molecular weight is 305 g/mol. The van der Waals surface area contributed by atoms with Crippen LogP contribution in [0, 0.1) is 10.1 Å². The molecule has 0 fully saturated rings. The Balaban J connectivity index is 2.03. The second kappa shape index (κ2) is 6.15. The van der Waals surface area contributed by atoms with E-state index in [4.69, 9.17) is 0 Å². The van der Waals surface area contributed by atoms with Crippen LogP contribution in [0.3, 0.4) is 0 Å². The minimum Gasteiger partial charge on any atom is -0.298 e. The van der Waals surface area contributed by atoms with Crippen molar-refractivity contribution >= 4 is 34.1 Å². The monoisotopic (exact) mass is 305 g/mol. The minimum absolute atomic E-state index is 0.0114. The maximum absolute atomic E-state index is 11.2. The van der Waals surface area contributed by atoms with Gasteiger partial charge in [-0.15, -0.1) is 5.11 Å². The normalized spacial score (nSPS) is 11.0.